The quantitative estimate of drug-likeness (QED) is 0.803. The third-order valence-electron chi connectivity index (χ3n) is 2.95. The molecule has 0 aliphatic carbocycles. The molecule has 1 N–H and O–H groups in total. The Kier molecular flexibility index (Phi) is 5.48. The van der Waals surface area contributed by atoms with E-state index in [-0.39, 0.29) is 0 Å². The third-order valence-corrected chi connectivity index (χ3v) is 2.95. The van der Waals surface area contributed by atoms with Crippen molar-refractivity contribution in [2.45, 2.75) is 33.6 Å². The number of anilines is 1. The molecule has 7 nitrogen and oxygen atoms in total. The Morgan fingerprint density at radius 2 is 2.14 bits per heavy atom. The summed E-state index contributed by atoms with van der Waals surface area (Å²) in [5.41, 5.74) is 0. The van der Waals surface area contributed by atoms with Gasteiger partial charge in [0.15, 0.2) is 0 Å². The Balaban J connectivity index is 2.16. The number of hydrogen-bond donors (Lipinski definition) is 1. The maximum absolute atomic E-state index is 5.71. The number of rotatable bonds is 8. The summed E-state index contributed by atoms with van der Waals surface area (Å²) in [6.45, 7) is 7.66. The minimum absolute atomic E-state index is 0.340. The zero-order valence-corrected chi connectivity index (χ0v) is 12.8. The van der Waals surface area contributed by atoms with Gasteiger partial charge in [0.05, 0.1) is 6.61 Å². The van der Waals surface area contributed by atoms with Gasteiger partial charge in [-0.15, -0.1) is 0 Å². The number of ether oxygens (including phenoxy) is 1. The van der Waals surface area contributed by atoms with Gasteiger partial charge in [0.2, 0.25) is 11.9 Å². The van der Waals surface area contributed by atoms with Gasteiger partial charge in [-0.1, -0.05) is 20.3 Å². The van der Waals surface area contributed by atoms with Crippen molar-refractivity contribution in [1.82, 2.24) is 24.5 Å². The highest BCUT2D eigenvalue weighted by molar-refractivity contribution is 5.30. The Morgan fingerprint density at radius 1 is 1.29 bits per heavy atom. The van der Waals surface area contributed by atoms with Crippen LogP contribution in [0.2, 0.25) is 0 Å². The van der Waals surface area contributed by atoms with Gasteiger partial charge >= 0.3 is 6.01 Å². The first-order valence-corrected chi connectivity index (χ1v) is 7.34. The van der Waals surface area contributed by atoms with Crippen LogP contribution in [0.3, 0.4) is 0 Å². The SMILES string of the molecule is CCCC(C)COc1nc(NCC)nc(-n2ccnc2)n1. The summed E-state index contributed by atoms with van der Waals surface area (Å²) in [5, 5.41) is 3.09. The number of aromatic nitrogens is 5. The summed E-state index contributed by atoms with van der Waals surface area (Å²) in [4.78, 5) is 16.9. The van der Waals surface area contributed by atoms with Gasteiger partial charge in [-0.25, -0.2) is 4.98 Å². The summed E-state index contributed by atoms with van der Waals surface area (Å²) in [6, 6.07) is 0.340. The van der Waals surface area contributed by atoms with Gasteiger partial charge in [-0.2, -0.15) is 15.0 Å². The van der Waals surface area contributed by atoms with E-state index in [4.69, 9.17) is 4.74 Å². The van der Waals surface area contributed by atoms with Gasteiger partial charge in [0.1, 0.15) is 6.33 Å². The van der Waals surface area contributed by atoms with E-state index in [9.17, 15) is 0 Å². The van der Waals surface area contributed by atoms with Crippen molar-refractivity contribution in [3.05, 3.63) is 18.7 Å². The molecule has 0 saturated heterocycles. The second kappa shape index (κ2) is 7.56. The van der Waals surface area contributed by atoms with Gasteiger partial charge < -0.3 is 10.1 Å². The molecule has 0 aromatic carbocycles. The van der Waals surface area contributed by atoms with Crippen LogP contribution in [-0.2, 0) is 0 Å². The van der Waals surface area contributed by atoms with Gasteiger partial charge in [0, 0.05) is 18.9 Å². The Labute approximate surface area is 124 Å². The fraction of sp³-hybridized carbons (Fsp3) is 0.571. The lowest BCUT2D eigenvalue weighted by molar-refractivity contribution is 0.233. The monoisotopic (exact) mass is 290 g/mol. The summed E-state index contributed by atoms with van der Waals surface area (Å²) >= 11 is 0. The molecule has 0 amide bonds. The zero-order chi connectivity index (χ0) is 15.1. The fourth-order valence-corrected chi connectivity index (χ4v) is 1.93. The summed E-state index contributed by atoms with van der Waals surface area (Å²) in [6.07, 6.45) is 7.38. The molecule has 1 unspecified atom stereocenters. The second-order valence-corrected chi connectivity index (χ2v) is 4.95. The normalized spacial score (nSPS) is 12.1. The van der Waals surface area contributed by atoms with Crippen LogP contribution in [-0.4, -0.2) is 37.7 Å². The number of hydrogen-bond acceptors (Lipinski definition) is 6. The van der Waals surface area contributed by atoms with Gasteiger partial charge in [-0.3, -0.25) is 4.57 Å². The molecule has 2 aromatic rings. The summed E-state index contributed by atoms with van der Waals surface area (Å²) in [5.74, 6) is 1.48. The summed E-state index contributed by atoms with van der Waals surface area (Å²) < 4.78 is 7.44. The van der Waals surface area contributed by atoms with E-state index >= 15 is 0 Å². The molecule has 0 spiro atoms. The smallest absolute Gasteiger partial charge is 0.323 e. The highest BCUT2D eigenvalue weighted by Gasteiger charge is 2.10. The molecule has 2 rings (SSSR count). The van der Waals surface area contributed by atoms with Crippen molar-refractivity contribution >= 4 is 5.95 Å². The lowest BCUT2D eigenvalue weighted by Gasteiger charge is -2.12. The van der Waals surface area contributed by atoms with E-state index in [1.807, 2.05) is 6.92 Å². The topological polar surface area (TPSA) is 77.8 Å². The molecule has 1 atom stereocenters. The highest BCUT2D eigenvalue weighted by atomic mass is 16.5. The first kappa shape index (κ1) is 15.2. The molecule has 0 aliphatic heterocycles. The lowest BCUT2D eigenvalue weighted by Crippen LogP contribution is -2.13. The van der Waals surface area contributed by atoms with Crippen molar-refractivity contribution in [2.24, 2.45) is 5.92 Å². The average Bonchev–Trinajstić information content (AvgIpc) is 3.00. The second-order valence-electron chi connectivity index (χ2n) is 4.95. The minimum Gasteiger partial charge on any atom is -0.463 e. The van der Waals surface area contributed by atoms with E-state index in [0.717, 1.165) is 19.4 Å². The van der Waals surface area contributed by atoms with E-state index in [1.54, 1.807) is 23.3 Å². The molecule has 0 fully saturated rings. The summed E-state index contributed by atoms with van der Waals surface area (Å²) in [7, 11) is 0. The van der Waals surface area contributed by atoms with Crippen LogP contribution < -0.4 is 10.1 Å². The van der Waals surface area contributed by atoms with Crippen molar-refractivity contribution in [1.29, 1.82) is 0 Å². The number of imidazole rings is 1. The van der Waals surface area contributed by atoms with Crippen LogP contribution in [0.5, 0.6) is 6.01 Å². The first-order chi connectivity index (χ1) is 10.2. The Bertz CT molecular complexity index is 542. The zero-order valence-electron chi connectivity index (χ0n) is 12.8. The van der Waals surface area contributed by atoms with Gasteiger partial charge in [-0.05, 0) is 19.3 Å². The van der Waals surface area contributed by atoms with Crippen LogP contribution in [0.4, 0.5) is 5.95 Å². The average molecular weight is 290 g/mol. The van der Waals surface area contributed by atoms with Crippen LogP contribution in [0, 0.1) is 5.92 Å². The standard InChI is InChI=1S/C14H22N6O/c1-4-6-11(3)9-21-14-18-12(16-5-2)17-13(19-14)20-8-7-15-10-20/h7-8,10-11H,4-6,9H2,1-3H3,(H,16,17,18,19). The van der Waals surface area contributed by atoms with Crippen molar-refractivity contribution in [2.75, 3.05) is 18.5 Å². The lowest BCUT2D eigenvalue weighted by atomic mass is 10.1. The van der Waals surface area contributed by atoms with Crippen molar-refractivity contribution in [3.8, 4) is 12.0 Å². The largest absolute Gasteiger partial charge is 0.463 e. The number of nitrogens with one attached hydrogen (secondary N) is 1. The van der Waals surface area contributed by atoms with Crippen LogP contribution in [0.1, 0.15) is 33.6 Å². The number of nitrogens with zero attached hydrogens (tertiary/aromatic N) is 5. The van der Waals surface area contributed by atoms with Crippen molar-refractivity contribution in [3.63, 3.8) is 0 Å². The molecular formula is C14H22N6O. The molecule has 2 heterocycles. The minimum atomic E-state index is 0.340. The maximum Gasteiger partial charge on any atom is 0.323 e. The first-order valence-electron chi connectivity index (χ1n) is 7.34. The van der Waals surface area contributed by atoms with Crippen LogP contribution in [0.25, 0.3) is 5.95 Å². The maximum atomic E-state index is 5.71. The molecule has 2 aromatic heterocycles. The highest BCUT2D eigenvalue weighted by Crippen LogP contribution is 2.13. The Hall–Kier alpha value is -2.18. The molecule has 21 heavy (non-hydrogen) atoms. The molecule has 0 bridgehead atoms. The van der Waals surface area contributed by atoms with Crippen LogP contribution in [0.15, 0.2) is 18.7 Å². The van der Waals surface area contributed by atoms with E-state index in [2.05, 4.69) is 39.1 Å². The molecule has 0 saturated carbocycles. The van der Waals surface area contributed by atoms with E-state index < -0.39 is 0 Å². The molecule has 0 aliphatic rings. The van der Waals surface area contributed by atoms with E-state index in [0.29, 0.717) is 30.4 Å². The van der Waals surface area contributed by atoms with Crippen LogP contribution >= 0.6 is 0 Å². The molecule has 114 valence electrons. The van der Waals surface area contributed by atoms with Crippen molar-refractivity contribution < 1.29 is 4.74 Å². The fourth-order valence-electron chi connectivity index (χ4n) is 1.93. The molecule has 0 radical (unpaired) electrons. The molecule has 7 heteroatoms. The van der Waals surface area contributed by atoms with E-state index in [1.165, 1.54) is 0 Å². The van der Waals surface area contributed by atoms with Gasteiger partial charge in [0.25, 0.3) is 0 Å². The predicted octanol–water partition coefficient (Wildman–Crippen LogP) is 2.30. The Morgan fingerprint density at radius 3 is 2.81 bits per heavy atom. The third kappa shape index (κ3) is 4.40. The molecular weight excluding hydrogens is 268 g/mol. The predicted molar refractivity (Wildman–Crippen MR) is 80.7 cm³/mol.